The average Bonchev–Trinajstić information content (AvgIpc) is 2.93. The van der Waals surface area contributed by atoms with E-state index in [1.165, 1.54) is 17.0 Å². The Labute approximate surface area is 146 Å². The van der Waals surface area contributed by atoms with Crippen LogP contribution >= 0.6 is 34.7 Å². The molecule has 1 aliphatic rings. The molecule has 0 aromatic carbocycles. The van der Waals surface area contributed by atoms with E-state index in [2.05, 4.69) is 9.97 Å². The number of fused-ring (bicyclic) bond motifs is 3. The Balaban J connectivity index is 1.63. The second kappa shape index (κ2) is 6.26. The number of halogens is 1. The Bertz CT molecular complexity index is 917. The lowest BCUT2D eigenvalue weighted by Gasteiger charge is -2.10. The maximum absolute atomic E-state index is 12.5. The van der Waals surface area contributed by atoms with E-state index in [0.29, 0.717) is 10.8 Å². The van der Waals surface area contributed by atoms with Crippen LogP contribution < -0.4 is 5.56 Å². The monoisotopic (exact) mass is 363 g/mol. The molecular weight excluding hydrogens is 350 g/mol. The third-order valence-electron chi connectivity index (χ3n) is 3.88. The van der Waals surface area contributed by atoms with Crippen molar-refractivity contribution < 1.29 is 0 Å². The van der Waals surface area contributed by atoms with Gasteiger partial charge in [-0.25, -0.2) is 9.97 Å². The van der Waals surface area contributed by atoms with Crippen LogP contribution in [0.5, 0.6) is 0 Å². The van der Waals surface area contributed by atoms with Gasteiger partial charge in [-0.1, -0.05) is 11.6 Å². The topological polar surface area (TPSA) is 47.3 Å². The van der Waals surface area contributed by atoms with Gasteiger partial charge in [0.2, 0.25) is 0 Å². The van der Waals surface area contributed by atoms with Crippen LogP contribution in [0.4, 0.5) is 0 Å². The molecule has 0 spiro atoms. The molecule has 0 amide bonds. The summed E-state index contributed by atoms with van der Waals surface area (Å²) in [7, 11) is 0. The van der Waals surface area contributed by atoms with Crippen LogP contribution in [0.2, 0.25) is 5.02 Å². The molecule has 1 aliphatic carbocycles. The van der Waals surface area contributed by atoms with E-state index in [0.717, 1.165) is 34.9 Å². The number of hydrogen-bond donors (Lipinski definition) is 0. The molecule has 0 saturated carbocycles. The maximum Gasteiger partial charge on any atom is 0.259 e. The van der Waals surface area contributed by atoms with Crippen molar-refractivity contribution in [3.05, 3.63) is 56.0 Å². The zero-order valence-electron chi connectivity index (χ0n) is 12.3. The Morgan fingerprint density at radius 1 is 1.30 bits per heavy atom. The fourth-order valence-corrected chi connectivity index (χ4v) is 4.89. The van der Waals surface area contributed by atoms with E-state index >= 15 is 0 Å². The van der Waals surface area contributed by atoms with Crippen molar-refractivity contribution in [2.24, 2.45) is 0 Å². The number of thiazole rings is 1. The highest BCUT2D eigenvalue weighted by atomic mass is 35.5. The van der Waals surface area contributed by atoms with Gasteiger partial charge in [-0.05, 0) is 37.8 Å². The summed E-state index contributed by atoms with van der Waals surface area (Å²) < 4.78 is 1.80. The van der Waals surface area contributed by atoms with Crippen molar-refractivity contribution in [3.8, 4) is 0 Å². The minimum atomic E-state index is 0.0362. The maximum atomic E-state index is 12.5. The Morgan fingerprint density at radius 2 is 2.17 bits per heavy atom. The SMILES string of the molecule is O=c1cc(CSc2ccc(Cl)cn2)nc2sc3c(n12)CCCC3. The van der Waals surface area contributed by atoms with Gasteiger partial charge in [0.25, 0.3) is 5.56 Å². The molecule has 4 nitrogen and oxygen atoms in total. The number of nitrogens with zero attached hydrogens (tertiary/aromatic N) is 3. The van der Waals surface area contributed by atoms with Gasteiger partial charge in [0.1, 0.15) is 0 Å². The van der Waals surface area contributed by atoms with Gasteiger partial charge in [0.05, 0.1) is 15.7 Å². The predicted molar refractivity (Wildman–Crippen MR) is 94.8 cm³/mol. The van der Waals surface area contributed by atoms with Crippen LogP contribution in [0.15, 0.2) is 34.2 Å². The molecule has 3 aromatic heterocycles. The zero-order chi connectivity index (χ0) is 15.8. The number of aromatic nitrogens is 3. The predicted octanol–water partition coefficient (Wildman–Crippen LogP) is 3.98. The van der Waals surface area contributed by atoms with Gasteiger partial charge >= 0.3 is 0 Å². The molecule has 0 aliphatic heterocycles. The highest BCUT2D eigenvalue weighted by molar-refractivity contribution is 7.98. The molecule has 0 atom stereocenters. The van der Waals surface area contributed by atoms with Crippen molar-refractivity contribution >= 4 is 39.7 Å². The van der Waals surface area contributed by atoms with Crippen molar-refractivity contribution in [1.82, 2.24) is 14.4 Å². The van der Waals surface area contributed by atoms with Crippen molar-refractivity contribution in [2.45, 2.75) is 36.5 Å². The second-order valence-corrected chi connectivity index (χ2v) is 7.98. The first kappa shape index (κ1) is 15.2. The normalized spacial score (nSPS) is 14.1. The lowest BCUT2D eigenvalue weighted by atomic mass is 10.0. The molecular formula is C16H14ClN3OS2. The minimum Gasteiger partial charge on any atom is -0.269 e. The van der Waals surface area contributed by atoms with E-state index in [-0.39, 0.29) is 5.56 Å². The van der Waals surface area contributed by atoms with Gasteiger partial charge in [-0.15, -0.1) is 23.1 Å². The third kappa shape index (κ3) is 3.03. The van der Waals surface area contributed by atoms with Crippen molar-refractivity contribution in [1.29, 1.82) is 0 Å². The first-order valence-corrected chi connectivity index (χ1v) is 9.66. The minimum absolute atomic E-state index is 0.0362. The smallest absolute Gasteiger partial charge is 0.259 e. The Hall–Kier alpha value is -1.37. The first-order valence-electron chi connectivity index (χ1n) is 7.48. The number of pyridine rings is 1. The van der Waals surface area contributed by atoms with Gasteiger partial charge in [-0.2, -0.15) is 0 Å². The van der Waals surface area contributed by atoms with Crippen LogP contribution in [0.1, 0.15) is 29.1 Å². The van der Waals surface area contributed by atoms with Gasteiger partial charge in [0.15, 0.2) is 4.96 Å². The van der Waals surface area contributed by atoms with Crippen LogP contribution in [-0.2, 0) is 18.6 Å². The fourth-order valence-electron chi connectivity index (χ4n) is 2.81. The van der Waals surface area contributed by atoms with Crippen molar-refractivity contribution in [3.63, 3.8) is 0 Å². The van der Waals surface area contributed by atoms with Gasteiger partial charge < -0.3 is 0 Å². The summed E-state index contributed by atoms with van der Waals surface area (Å²) in [6.45, 7) is 0. The summed E-state index contributed by atoms with van der Waals surface area (Å²) in [6.07, 6.45) is 6.05. The largest absolute Gasteiger partial charge is 0.269 e. The molecule has 0 saturated heterocycles. The van der Waals surface area contributed by atoms with E-state index in [4.69, 9.17) is 11.6 Å². The van der Waals surface area contributed by atoms with Crippen LogP contribution in [-0.4, -0.2) is 14.4 Å². The Morgan fingerprint density at radius 3 is 3.00 bits per heavy atom. The number of rotatable bonds is 3. The quantitative estimate of drug-likeness (QED) is 0.660. The molecule has 118 valence electrons. The van der Waals surface area contributed by atoms with Gasteiger partial charge in [-0.3, -0.25) is 9.20 Å². The van der Waals surface area contributed by atoms with E-state index < -0.39 is 0 Å². The van der Waals surface area contributed by atoms with E-state index in [1.54, 1.807) is 39.8 Å². The second-order valence-electron chi connectivity index (χ2n) is 5.49. The Kier molecular flexibility index (Phi) is 4.13. The highest BCUT2D eigenvalue weighted by Crippen LogP contribution is 2.29. The molecule has 4 rings (SSSR count). The number of hydrogen-bond acceptors (Lipinski definition) is 5. The standard InChI is InChI=1S/C16H14ClN3OS2/c17-10-5-6-14(18-8-10)22-9-11-7-15(21)20-12-3-1-2-4-13(12)23-16(20)19-11/h5-8H,1-4,9H2. The summed E-state index contributed by atoms with van der Waals surface area (Å²) >= 11 is 9.06. The lowest BCUT2D eigenvalue weighted by molar-refractivity contribution is 0.670. The molecule has 0 bridgehead atoms. The van der Waals surface area contributed by atoms with Crippen molar-refractivity contribution in [2.75, 3.05) is 0 Å². The summed E-state index contributed by atoms with van der Waals surface area (Å²) in [4.78, 5) is 23.6. The van der Waals surface area contributed by atoms with E-state index in [1.807, 2.05) is 12.1 Å². The summed E-state index contributed by atoms with van der Waals surface area (Å²) in [5, 5.41) is 1.50. The van der Waals surface area contributed by atoms with E-state index in [9.17, 15) is 4.79 Å². The highest BCUT2D eigenvalue weighted by Gasteiger charge is 2.18. The molecule has 0 radical (unpaired) electrons. The third-order valence-corrected chi connectivity index (χ3v) is 6.23. The van der Waals surface area contributed by atoms with Crippen LogP contribution in [0.25, 0.3) is 4.96 Å². The molecule has 23 heavy (non-hydrogen) atoms. The molecule has 0 unspecified atom stereocenters. The summed E-state index contributed by atoms with van der Waals surface area (Å²) in [5.74, 6) is 0.628. The number of thioether (sulfide) groups is 1. The average molecular weight is 364 g/mol. The van der Waals surface area contributed by atoms with Crippen LogP contribution in [0, 0.1) is 0 Å². The number of aryl methyl sites for hydroxylation is 2. The molecule has 3 heterocycles. The fraction of sp³-hybridized carbons (Fsp3) is 0.312. The lowest BCUT2D eigenvalue weighted by Crippen LogP contribution is -2.17. The first-order chi connectivity index (χ1) is 11.2. The van der Waals surface area contributed by atoms with Gasteiger partial charge in [0, 0.05) is 28.6 Å². The zero-order valence-corrected chi connectivity index (χ0v) is 14.7. The molecule has 0 N–H and O–H groups in total. The molecule has 3 aromatic rings. The summed E-state index contributed by atoms with van der Waals surface area (Å²) in [5.41, 5.74) is 2.01. The molecule has 7 heteroatoms. The molecule has 0 fully saturated rings. The summed E-state index contributed by atoms with van der Waals surface area (Å²) in [6, 6.07) is 5.34. The van der Waals surface area contributed by atoms with Crippen LogP contribution in [0.3, 0.4) is 0 Å².